The van der Waals surface area contributed by atoms with Gasteiger partial charge in [-0.2, -0.15) is 0 Å². The van der Waals surface area contributed by atoms with Crippen molar-refractivity contribution in [2.24, 2.45) is 0 Å². The van der Waals surface area contributed by atoms with Crippen LogP contribution in [0.5, 0.6) is 11.5 Å². The molecule has 2 atom stereocenters. The van der Waals surface area contributed by atoms with Crippen molar-refractivity contribution in [2.45, 2.75) is 25.6 Å². The third-order valence-electron chi connectivity index (χ3n) is 4.80. The summed E-state index contributed by atoms with van der Waals surface area (Å²) in [5.74, 6) is 1.32. The maximum Gasteiger partial charge on any atom is 0.166 e. The van der Waals surface area contributed by atoms with Gasteiger partial charge in [0.05, 0.1) is 19.9 Å². The van der Waals surface area contributed by atoms with Crippen LogP contribution in [0.2, 0.25) is 5.02 Å². The zero-order valence-electron chi connectivity index (χ0n) is 16.5. The molecule has 2 aromatic carbocycles. The van der Waals surface area contributed by atoms with Crippen LogP contribution in [-0.2, 0) is 4.74 Å². The fourth-order valence-electron chi connectivity index (χ4n) is 3.56. The Labute approximate surface area is 174 Å². The van der Waals surface area contributed by atoms with E-state index in [1.807, 2.05) is 12.1 Å². The summed E-state index contributed by atoms with van der Waals surface area (Å²) in [6.07, 6.45) is -1.16. The van der Waals surface area contributed by atoms with E-state index in [-0.39, 0.29) is 24.7 Å². The minimum atomic E-state index is -0.729. The molecular weight excluding hydrogens is 394 g/mol. The number of aliphatic hydroxyl groups is 1. The van der Waals surface area contributed by atoms with Crippen molar-refractivity contribution >= 4 is 29.0 Å². The van der Waals surface area contributed by atoms with Crippen LogP contribution >= 0.6 is 11.6 Å². The van der Waals surface area contributed by atoms with E-state index in [1.54, 1.807) is 45.4 Å². The van der Waals surface area contributed by atoms with E-state index >= 15 is 0 Å². The van der Waals surface area contributed by atoms with E-state index in [2.05, 4.69) is 0 Å². The molecule has 0 saturated carbocycles. The average molecular weight is 418 g/mol. The lowest BCUT2D eigenvalue weighted by atomic mass is 9.98. The number of hydrogen-bond acceptors (Lipinski definition) is 6. The number of aliphatic hydroxyl groups excluding tert-OH is 1. The Balaban J connectivity index is 2.28. The maximum absolute atomic E-state index is 9.54. The Bertz CT molecular complexity index is 934. The molecule has 3 rings (SSSR count). The zero-order valence-corrected chi connectivity index (χ0v) is 17.3. The molecule has 0 amide bonds. The summed E-state index contributed by atoms with van der Waals surface area (Å²) in [4.78, 5) is 1.51. The normalized spacial score (nSPS) is 18.8. The van der Waals surface area contributed by atoms with E-state index in [1.165, 1.54) is 4.90 Å². The number of methoxy groups -OCH3 is 2. The number of benzene rings is 2. The topological polar surface area (TPSA) is 98.9 Å². The SMILES string of the molecule is COc1cccc([C@H]2O[C@H](CCO)C(=N)N(C(C)=N)c3ccc(Cl)cc32)c1OC. The summed E-state index contributed by atoms with van der Waals surface area (Å²) in [7, 11) is 3.11. The van der Waals surface area contributed by atoms with Gasteiger partial charge >= 0.3 is 0 Å². The first-order chi connectivity index (χ1) is 13.9. The average Bonchev–Trinajstić information content (AvgIpc) is 2.82. The number of anilines is 1. The Morgan fingerprint density at radius 3 is 2.59 bits per heavy atom. The van der Waals surface area contributed by atoms with Crippen molar-refractivity contribution in [1.82, 2.24) is 0 Å². The van der Waals surface area contributed by atoms with Crippen LogP contribution in [0.15, 0.2) is 36.4 Å². The van der Waals surface area contributed by atoms with Gasteiger partial charge in [-0.3, -0.25) is 15.7 Å². The molecule has 8 heteroatoms. The number of fused-ring (bicyclic) bond motifs is 1. The van der Waals surface area contributed by atoms with Gasteiger partial charge in [0.2, 0.25) is 0 Å². The van der Waals surface area contributed by atoms with E-state index in [4.69, 9.17) is 36.6 Å². The smallest absolute Gasteiger partial charge is 0.166 e. The molecule has 0 fully saturated rings. The van der Waals surface area contributed by atoms with Gasteiger partial charge in [0.1, 0.15) is 23.9 Å². The van der Waals surface area contributed by atoms with Gasteiger partial charge in [-0.1, -0.05) is 23.7 Å². The van der Waals surface area contributed by atoms with E-state index < -0.39 is 12.2 Å². The second kappa shape index (κ2) is 8.82. The molecule has 0 spiro atoms. The number of rotatable bonds is 5. The molecule has 154 valence electrons. The first-order valence-corrected chi connectivity index (χ1v) is 9.51. The van der Waals surface area contributed by atoms with Crippen LogP contribution in [0.1, 0.15) is 30.6 Å². The molecule has 1 aliphatic rings. The highest BCUT2D eigenvalue weighted by Crippen LogP contribution is 2.45. The number of halogens is 1. The lowest BCUT2D eigenvalue weighted by molar-refractivity contribution is 0.0337. The molecule has 0 saturated heterocycles. The molecule has 0 radical (unpaired) electrons. The van der Waals surface area contributed by atoms with E-state index in [9.17, 15) is 5.11 Å². The number of nitrogens with one attached hydrogen (secondary N) is 2. The third kappa shape index (κ3) is 3.94. The Kier molecular flexibility index (Phi) is 6.42. The highest BCUT2D eigenvalue weighted by molar-refractivity contribution is 6.31. The fraction of sp³-hybridized carbons (Fsp3) is 0.333. The molecule has 0 bridgehead atoms. The Hall–Kier alpha value is -2.61. The fourth-order valence-corrected chi connectivity index (χ4v) is 3.74. The Morgan fingerprint density at radius 2 is 1.97 bits per heavy atom. The summed E-state index contributed by atoms with van der Waals surface area (Å²) >= 11 is 6.30. The number of amidine groups is 2. The molecule has 1 aliphatic heterocycles. The molecule has 3 N–H and O–H groups in total. The maximum atomic E-state index is 9.54. The van der Waals surface area contributed by atoms with Gasteiger partial charge in [-0.15, -0.1) is 0 Å². The molecule has 0 unspecified atom stereocenters. The number of ether oxygens (including phenoxy) is 3. The largest absolute Gasteiger partial charge is 0.493 e. The highest BCUT2D eigenvalue weighted by atomic mass is 35.5. The van der Waals surface area contributed by atoms with Gasteiger partial charge in [0, 0.05) is 29.2 Å². The van der Waals surface area contributed by atoms with Gasteiger partial charge in [-0.05, 0) is 31.2 Å². The minimum Gasteiger partial charge on any atom is -0.493 e. The lowest BCUT2D eigenvalue weighted by Gasteiger charge is -2.26. The number of para-hydroxylation sites is 1. The monoisotopic (exact) mass is 417 g/mol. The standard InChI is InChI=1S/C21H24ClN3O4/c1-12(23)25-16-8-7-13(22)11-15(16)19(29-18(9-10-26)21(25)24)14-5-4-6-17(27-2)20(14)28-3/h4-8,11,18-19,23-24,26H,9-10H2,1-3H3/t18-,19-/m1/s1. The summed E-state index contributed by atoms with van der Waals surface area (Å²) in [6.45, 7) is 1.45. The van der Waals surface area contributed by atoms with Crippen LogP contribution in [0.4, 0.5) is 5.69 Å². The minimum absolute atomic E-state index is 0.0829. The lowest BCUT2D eigenvalue weighted by Crippen LogP contribution is -2.41. The predicted molar refractivity (Wildman–Crippen MR) is 113 cm³/mol. The van der Waals surface area contributed by atoms with Gasteiger partial charge in [0.15, 0.2) is 11.5 Å². The summed E-state index contributed by atoms with van der Waals surface area (Å²) in [5.41, 5.74) is 2.03. The highest BCUT2D eigenvalue weighted by Gasteiger charge is 2.36. The first kappa shape index (κ1) is 21.1. The van der Waals surface area contributed by atoms with Crippen LogP contribution in [-0.4, -0.2) is 43.7 Å². The van der Waals surface area contributed by atoms with Gasteiger partial charge < -0.3 is 19.3 Å². The molecule has 0 aliphatic carbocycles. The van der Waals surface area contributed by atoms with Crippen LogP contribution in [0.25, 0.3) is 0 Å². The predicted octanol–water partition coefficient (Wildman–Crippen LogP) is 4.01. The summed E-state index contributed by atoms with van der Waals surface area (Å²) in [5, 5.41) is 26.9. The molecule has 1 heterocycles. The van der Waals surface area contributed by atoms with Crippen LogP contribution in [0, 0.1) is 10.8 Å². The van der Waals surface area contributed by atoms with Gasteiger partial charge in [0.25, 0.3) is 0 Å². The van der Waals surface area contributed by atoms with Gasteiger partial charge in [-0.25, -0.2) is 0 Å². The number of nitrogens with zero attached hydrogens (tertiary/aromatic N) is 1. The zero-order chi connectivity index (χ0) is 21.1. The van der Waals surface area contributed by atoms with Crippen molar-refractivity contribution in [3.05, 3.63) is 52.5 Å². The molecule has 7 nitrogen and oxygen atoms in total. The number of hydrogen-bond donors (Lipinski definition) is 3. The van der Waals surface area contributed by atoms with Crippen molar-refractivity contribution in [3.63, 3.8) is 0 Å². The van der Waals surface area contributed by atoms with E-state index in [0.29, 0.717) is 33.3 Å². The summed E-state index contributed by atoms with van der Waals surface area (Å²) < 4.78 is 17.4. The van der Waals surface area contributed by atoms with Crippen molar-refractivity contribution < 1.29 is 19.3 Å². The molecule has 0 aromatic heterocycles. The van der Waals surface area contributed by atoms with Crippen LogP contribution in [0.3, 0.4) is 0 Å². The van der Waals surface area contributed by atoms with Crippen molar-refractivity contribution in [2.75, 3.05) is 25.7 Å². The van der Waals surface area contributed by atoms with Crippen LogP contribution < -0.4 is 14.4 Å². The van der Waals surface area contributed by atoms with Crippen molar-refractivity contribution in [3.8, 4) is 11.5 Å². The Morgan fingerprint density at radius 1 is 1.21 bits per heavy atom. The second-order valence-corrected chi connectivity index (χ2v) is 7.05. The molecule has 29 heavy (non-hydrogen) atoms. The first-order valence-electron chi connectivity index (χ1n) is 9.13. The molecular formula is C21H24ClN3O4. The second-order valence-electron chi connectivity index (χ2n) is 6.61. The van der Waals surface area contributed by atoms with E-state index in [0.717, 1.165) is 0 Å². The quantitative estimate of drug-likeness (QED) is 0.504. The molecule has 2 aromatic rings. The summed E-state index contributed by atoms with van der Waals surface area (Å²) in [6, 6.07) is 10.7. The van der Waals surface area contributed by atoms with Crippen molar-refractivity contribution in [1.29, 1.82) is 10.8 Å². The third-order valence-corrected chi connectivity index (χ3v) is 5.04.